The number of carbonyl (C=O) groups is 2. The van der Waals surface area contributed by atoms with Crippen LogP contribution < -0.4 is 10.2 Å². The molecule has 2 atom stereocenters. The molecule has 2 aliphatic rings. The first-order valence-corrected chi connectivity index (χ1v) is 9.24. The van der Waals surface area contributed by atoms with Crippen LogP contribution in [0, 0.1) is 5.92 Å². The fourth-order valence-corrected chi connectivity index (χ4v) is 3.91. The molecule has 1 aliphatic heterocycles. The first-order chi connectivity index (χ1) is 12.6. The van der Waals surface area contributed by atoms with Crippen LogP contribution in [0.5, 0.6) is 0 Å². The fraction of sp³-hybridized carbons (Fsp3) is 0.381. The minimum atomic E-state index is -0.310. The van der Waals surface area contributed by atoms with E-state index in [0.717, 1.165) is 24.1 Å². The molecule has 0 bridgehead atoms. The lowest BCUT2D eigenvalue weighted by molar-refractivity contribution is -0.126. The number of anilines is 1. The maximum atomic E-state index is 12.6. The van der Waals surface area contributed by atoms with Crippen LogP contribution in [0.1, 0.15) is 42.5 Å². The first kappa shape index (κ1) is 16.8. The quantitative estimate of drug-likeness (QED) is 0.923. The lowest BCUT2D eigenvalue weighted by Crippen LogP contribution is -2.34. The normalized spacial score (nSPS) is 20.1. The molecule has 0 unspecified atom stereocenters. The van der Waals surface area contributed by atoms with Gasteiger partial charge < -0.3 is 10.2 Å². The average Bonchev–Trinajstić information content (AvgIpc) is 3.28. The largest absolute Gasteiger partial charge is 0.349 e. The Morgan fingerprint density at radius 3 is 2.92 bits per heavy atom. The van der Waals surface area contributed by atoms with E-state index in [1.807, 2.05) is 25.1 Å². The first-order valence-electron chi connectivity index (χ1n) is 9.24. The second-order valence-corrected chi connectivity index (χ2v) is 7.23. The monoisotopic (exact) mass is 349 g/mol. The van der Waals surface area contributed by atoms with Gasteiger partial charge in [0.15, 0.2) is 0 Å². The molecule has 0 radical (unpaired) electrons. The number of hydrogen-bond donors (Lipinski definition) is 1. The molecular formula is C21H23N3O2. The molecule has 1 aromatic carbocycles. The highest BCUT2D eigenvalue weighted by molar-refractivity contribution is 6.00. The van der Waals surface area contributed by atoms with Crippen molar-refractivity contribution in [2.75, 3.05) is 11.4 Å². The molecule has 26 heavy (non-hydrogen) atoms. The third kappa shape index (κ3) is 3.21. The predicted octanol–water partition coefficient (Wildman–Crippen LogP) is 2.80. The van der Waals surface area contributed by atoms with E-state index in [2.05, 4.69) is 22.4 Å². The third-order valence-corrected chi connectivity index (χ3v) is 5.43. The Balaban J connectivity index is 1.43. The van der Waals surface area contributed by atoms with Gasteiger partial charge in [0.1, 0.15) is 0 Å². The van der Waals surface area contributed by atoms with Crippen LogP contribution in [0.15, 0.2) is 42.7 Å². The predicted molar refractivity (Wildman–Crippen MR) is 99.7 cm³/mol. The number of nitrogens with one attached hydrogen (secondary N) is 1. The van der Waals surface area contributed by atoms with Crippen LogP contribution >= 0.6 is 0 Å². The van der Waals surface area contributed by atoms with E-state index >= 15 is 0 Å². The molecule has 1 fully saturated rings. The zero-order valence-electron chi connectivity index (χ0n) is 14.9. The van der Waals surface area contributed by atoms with Crippen molar-refractivity contribution in [1.29, 1.82) is 0 Å². The zero-order chi connectivity index (χ0) is 18.1. The molecule has 2 aromatic rings. The van der Waals surface area contributed by atoms with Gasteiger partial charge in [-0.1, -0.05) is 12.1 Å². The number of aryl methyl sites for hydroxylation is 2. The Bertz CT molecular complexity index is 834. The number of amides is 2. The van der Waals surface area contributed by atoms with Gasteiger partial charge in [0.2, 0.25) is 11.8 Å². The molecule has 2 heterocycles. The zero-order valence-corrected chi connectivity index (χ0v) is 14.9. The number of pyridine rings is 1. The second kappa shape index (κ2) is 6.90. The summed E-state index contributed by atoms with van der Waals surface area (Å²) in [6, 6.07) is 9.93. The SMILES string of the molecule is C[C@@H](NC(=O)[C@H]1CC(=O)N(c2ccc3c(c2)CCC3)C1)c1cccnc1. The van der Waals surface area contributed by atoms with E-state index in [1.165, 1.54) is 17.5 Å². The summed E-state index contributed by atoms with van der Waals surface area (Å²) in [7, 11) is 0. The van der Waals surface area contributed by atoms with Gasteiger partial charge in [-0.2, -0.15) is 0 Å². The van der Waals surface area contributed by atoms with Gasteiger partial charge in [-0.25, -0.2) is 0 Å². The molecule has 0 saturated carbocycles. The van der Waals surface area contributed by atoms with E-state index in [1.54, 1.807) is 17.3 Å². The Kier molecular flexibility index (Phi) is 4.45. The van der Waals surface area contributed by atoms with Gasteiger partial charge in [0.05, 0.1) is 12.0 Å². The smallest absolute Gasteiger partial charge is 0.227 e. The molecule has 2 amide bonds. The Hall–Kier alpha value is -2.69. The van der Waals surface area contributed by atoms with E-state index < -0.39 is 0 Å². The molecule has 5 nitrogen and oxygen atoms in total. The van der Waals surface area contributed by atoms with Crippen LogP contribution in [0.25, 0.3) is 0 Å². The Labute approximate surface area is 153 Å². The molecule has 134 valence electrons. The van der Waals surface area contributed by atoms with Gasteiger partial charge >= 0.3 is 0 Å². The summed E-state index contributed by atoms with van der Waals surface area (Å²) in [4.78, 5) is 31.0. The molecule has 1 N–H and O–H groups in total. The van der Waals surface area contributed by atoms with Crippen LogP contribution in [0.3, 0.4) is 0 Å². The van der Waals surface area contributed by atoms with E-state index in [9.17, 15) is 9.59 Å². The standard InChI is InChI=1S/C21H23N3O2/c1-14(17-6-3-9-22-12-17)23-21(26)18-11-20(25)24(13-18)19-8-7-15-4-2-5-16(15)10-19/h3,6-10,12,14,18H,2,4-5,11,13H2,1H3,(H,23,26)/t14-,18+/m1/s1. The number of hydrogen-bond acceptors (Lipinski definition) is 3. The van der Waals surface area contributed by atoms with Crippen molar-refractivity contribution < 1.29 is 9.59 Å². The number of rotatable bonds is 4. The summed E-state index contributed by atoms with van der Waals surface area (Å²) >= 11 is 0. The van der Waals surface area contributed by atoms with Crippen molar-refractivity contribution in [2.24, 2.45) is 5.92 Å². The minimum absolute atomic E-state index is 0.0251. The average molecular weight is 349 g/mol. The van der Waals surface area contributed by atoms with Crippen LogP contribution in [-0.2, 0) is 22.4 Å². The molecule has 1 aromatic heterocycles. The van der Waals surface area contributed by atoms with Crippen LogP contribution in [0.4, 0.5) is 5.69 Å². The van der Waals surface area contributed by atoms with Gasteiger partial charge in [0.25, 0.3) is 0 Å². The van der Waals surface area contributed by atoms with Gasteiger partial charge in [-0.05, 0) is 61.1 Å². The number of fused-ring (bicyclic) bond motifs is 1. The van der Waals surface area contributed by atoms with Crippen molar-refractivity contribution in [1.82, 2.24) is 10.3 Å². The van der Waals surface area contributed by atoms with E-state index in [0.29, 0.717) is 6.54 Å². The fourth-order valence-electron chi connectivity index (χ4n) is 3.91. The Morgan fingerprint density at radius 2 is 2.12 bits per heavy atom. The minimum Gasteiger partial charge on any atom is -0.349 e. The van der Waals surface area contributed by atoms with Gasteiger partial charge in [-0.15, -0.1) is 0 Å². The number of nitrogens with zero attached hydrogens (tertiary/aromatic N) is 2. The summed E-state index contributed by atoms with van der Waals surface area (Å²) in [5.74, 6) is -0.356. The molecule has 0 spiro atoms. The maximum Gasteiger partial charge on any atom is 0.227 e. The summed E-state index contributed by atoms with van der Waals surface area (Å²) in [6.45, 7) is 2.38. The highest BCUT2D eigenvalue weighted by atomic mass is 16.2. The highest BCUT2D eigenvalue weighted by Gasteiger charge is 2.35. The maximum absolute atomic E-state index is 12.6. The van der Waals surface area contributed by atoms with Crippen molar-refractivity contribution in [3.8, 4) is 0 Å². The van der Waals surface area contributed by atoms with Crippen LogP contribution in [-0.4, -0.2) is 23.3 Å². The molecule has 5 heteroatoms. The molecule has 1 aliphatic carbocycles. The molecule has 1 saturated heterocycles. The summed E-state index contributed by atoms with van der Waals surface area (Å²) < 4.78 is 0. The summed E-state index contributed by atoms with van der Waals surface area (Å²) in [6.07, 6.45) is 7.12. The number of aromatic nitrogens is 1. The summed E-state index contributed by atoms with van der Waals surface area (Å²) in [5.41, 5.74) is 4.61. The number of carbonyl (C=O) groups excluding carboxylic acids is 2. The topological polar surface area (TPSA) is 62.3 Å². The Morgan fingerprint density at radius 1 is 1.27 bits per heavy atom. The van der Waals surface area contributed by atoms with Crippen LogP contribution in [0.2, 0.25) is 0 Å². The van der Waals surface area contributed by atoms with E-state index in [4.69, 9.17) is 0 Å². The number of benzene rings is 1. The van der Waals surface area contributed by atoms with Crippen molar-refractivity contribution in [2.45, 2.75) is 38.6 Å². The molecule has 4 rings (SSSR count). The van der Waals surface area contributed by atoms with Crippen molar-refractivity contribution in [3.63, 3.8) is 0 Å². The highest BCUT2D eigenvalue weighted by Crippen LogP contribution is 2.30. The lowest BCUT2D eigenvalue weighted by Gasteiger charge is -2.19. The second-order valence-electron chi connectivity index (χ2n) is 7.23. The third-order valence-electron chi connectivity index (χ3n) is 5.43. The summed E-state index contributed by atoms with van der Waals surface area (Å²) in [5, 5.41) is 3.01. The molecular weight excluding hydrogens is 326 g/mol. The van der Waals surface area contributed by atoms with Gasteiger partial charge in [-0.3, -0.25) is 14.6 Å². The van der Waals surface area contributed by atoms with Crippen molar-refractivity contribution in [3.05, 3.63) is 59.4 Å². The van der Waals surface area contributed by atoms with Gasteiger partial charge in [0, 0.05) is 31.0 Å². The van der Waals surface area contributed by atoms with E-state index in [-0.39, 0.29) is 30.2 Å². The lowest BCUT2D eigenvalue weighted by atomic mass is 10.1. The van der Waals surface area contributed by atoms with Crippen molar-refractivity contribution >= 4 is 17.5 Å².